The Morgan fingerprint density at radius 2 is 1.56 bits per heavy atom. The number of anilines is 2. The van der Waals surface area contributed by atoms with Gasteiger partial charge >= 0.3 is 6.09 Å². The van der Waals surface area contributed by atoms with E-state index in [2.05, 4.69) is 77.7 Å². The van der Waals surface area contributed by atoms with Crippen LogP contribution in [0.2, 0.25) is 0 Å². The van der Waals surface area contributed by atoms with Crippen molar-refractivity contribution >= 4 is 17.5 Å². The topological polar surface area (TPSA) is 84.8 Å². The fraction of sp³-hybridized carbons (Fsp3) is 0.424. The lowest BCUT2D eigenvalue weighted by molar-refractivity contribution is 0.0879. The highest BCUT2D eigenvalue weighted by Crippen LogP contribution is 2.33. The molecule has 0 spiro atoms. The minimum Gasteiger partial charge on any atom is -0.453 e. The number of carbonyl (C=O) groups is 1. The molecule has 4 N–H and O–H groups in total. The Balaban J connectivity index is 1.24. The highest BCUT2D eigenvalue weighted by atomic mass is 16.5. The maximum Gasteiger partial charge on any atom is 0.410 e. The van der Waals surface area contributed by atoms with E-state index in [0.29, 0.717) is 6.54 Å². The van der Waals surface area contributed by atoms with Crippen LogP contribution in [0, 0.1) is 5.92 Å². The Kier molecular flexibility index (Phi) is 8.72. The molecule has 1 aliphatic carbocycles. The molecule has 0 radical (unpaired) electrons. The molecule has 206 valence electrons. The number of carbonyl (C=O) groups excluding carboxylic acids is 1. The number of nitrogens with two attached hydrogens (primary N) is 2. The van der Waals surface area contributed by atoms with Crippen LogP contribution in [-0.4, -0.2) is 43.3 Å². The first-order chi connectivity index (χ1) is 19.0. The second-order valence-corrected chi connectivity index (χ2v) is 11.3. The molecule has 0 aromatic heterocycles. The van der Waals surface area contributed by atoms with Crippen molar-refractivity contribution in [3.05, 3.63) is 83.9 Å². The number of rotatable bonds is 7. The van der Waals surface area contributed by atoms with E-state index in [9.17, 15) is 4.79 Å². The van der Waals surface area contributed by atoms with Gasteiger partial charge < -0.3 is 26.0 Å². The number of methoxy groups -OCH3 is 1. The summed E-state index contributed by atoms with van der Waals surface area (Å²) in [4.78, 5) is 16.9. The predicted octanol–water partition coefficient (Wildman–Crippen LogP) is 6.23. The molecule has 2 fully saturated rings. The minimum atomic E-state index is -0.276. The van der Waals surface area contributed by atoms with E-state index in [1.54, 1.807) is 0 Å². The van der Waals surface area contributed by atoms with Crippen LogP contribution < -0.4 is 16.4 Å². The Labute approximate surface area is 232 Å². The highest BCUT2D eigenvalue weighted by Gasteiger charge is 2.28. The Hall–Kier alpha value is -3.51. The summed E-state index contributed by atoms with van der Waals surface area (Å²) in [7, 11) is 1.45. The third-order valence-corrected chi connectivity index (χ3v) is 8.55. The van der Waals surface area contributed by atoms with Gasteiger partial charge in [-0.2, -0.15) is 0 Å². The Morgan fingerprint density at radius 1 is 0.872 bits per heavy atom. The molecular weight excluding hydrogens is 484 g/mol. The van der Waals surface area contributed by atoms with Gasteiger partial charge in [0.25, 0.3) is 0 Å². The molecule has 0 unspecified atom stereocenters. The molecule has 3 aromatic carbocycles. The Bertz CT molecular complexity index is 1230. The fourth-order valence-electron chi connectivity index (χ4n) is 6.27. The van der Waals surface area contributed by atoms with E-state index in [1.165, 1.54) is 25.5 Å². The number of amides is 1. The molecule has 0 bridgehead atoms. The van der Waals surface area contributed by atoms with Crippen LogP contribution >= 0.6 is 0 Å². The van der Waals surface area contributed by atoms with Crippen LogP contribution in [0.1, 0.15) is 49.7 Å². The van der Waals surface area contributed by atoms with E-state index in [-0.39, 0.29) is 18.2 Å². The van der Waals surface area contributed by atoms with Crippen molar-refractivity contribution in [2.45, 2.75) is 63.6 Å². The van der Waals surface area contributed by atoms with Gasteiger partial charge in [-0.1, -0.05) is 54.6 Å². The summed E-state index contributed by atoms with van der Waals surface area (Å²) in [5.41, 5.74) is 19.3. The molecule has 0 atom stereocenters. The van der Waals surface area contributed by atoms with Crippen molar-refractivity contribution in [1.82, 2.24) is 4.90 Å². The number of nitrogen functional groups attached to an aromatic ring is 1. The number of hydrogen-bond acceptors (Lipinski definition) is 5. The number of nitrogens with zero attached hydrogens (tertiary/aromatic N) is 2. The summed E-state index contributed by atoms with van der Waals surface area (Å²) in [5.74, 6) is 0.724. The second-order valence-electron chi connectivity index (χ2n) is 11.3. The first-order valence-electron chi connectivity index (χ1n) is 14.4. The molecule has 1 saturated carbocycles. The SMILES string of the molecule is COC(=O)N(Cc1cccc(-c2ccc(N3CCC(Cc4ccccc4)CC3)c(N)c2)c1)C1CCC(N)CC1. The standard InChI is InChI=1S/C33H42N4O2/c1-39-33(38)37(30-13-11-29(34)12-14-30)23-26-8-5-9-27(21-26)28-10-15-32(31(35)22-28)36-18-16-25(17-19-36)20-24-6-3-2-4-7-24/h2-10,15,21-22,25,29-30H,11-14,16-20,23,34-35H2,1H3. The van der Waals surface area contributed by atoms with Crippen LogP contribution in [0.4, 0.5) is 16.2 Å². The predicted molar refractivity (Wildman–Crippen MR) is 160 cm³/mol. The molecule has 2 aliphatic rings. The van der Waals surface area contributed by atoms with Crippen molar-refractivity contribution in [2.24, 2.45) is 11.7 Å². The molecule has 6 nitrogen and oxygen atoms in total. The maximum absolute atomic E-state index is 12.6. The van der Waals surface area contributed by atoms with Crippen LogP contribution in [0.5, 0.6) is 0 Å². The van der Waals surface area contributed by atoms with Crippen LogP contribution in [-0.2, 0) is 17.7 Å². The van der Waals surface area contributed by atoms with Crippen LogP contribution in [0.15, 0.2) is 72.8 Å². The van der Waals surface area contributed by atoms with Crippen molar-refractivity contribution < 1.29 is 9.53 Å². The van der Waals surface area contributed by atoms with Gasteiger partial charge in [0.05, 0.1) is 18.5 Å². The second kappa shape index (κ2) is 12.6. The molecule has 3 aromatic rings. The van der Waals surface area contributed by atoms with Crippen molar-refractivity contribution in [3.63, 3.8) is 0 Å². The maximum atomic E-state index is 12.6. The molecule has 1 saturated heterocycles. The third kappa shape index (κ3) is 6.74. The van der Waals surface area contributed by atoms with Crippen LogP contribution in [0.3, 0.4) is 0 Å². The highest BCUT2D eigenvalue weighted by molar-refractivity contribution is 5.77. The molecule has 1 aliphatic heterocycles. The van der Waals surface area contributed by atoms with Gasteiger partial charge in [0, 0.05) is 31.7 Å². The van der Waals surface area contributed by atoms with Gasteiger partial charge in [-0.25, -0.2) is 4.79 Å². The van der Waals surface area contributed by atoms with Crippen molar-refractivity contribution in [2.75, 3.05) is 30.8 Å². The number of benzene rings is 3. The Morgan fingerprint density at radius 3 is 2.26 bits per heavy atom. The lowest BCUT2D eigenvalue weighted by atomic mass is 9.90. The molecule has 39 heavy (non-hydrogen) atoms. The van der Waals surface area contributed by atoms with E-state index in [4.69, 9.17) is 16.2 Å². The number of piperidine rings is 1. The van der Waals surface area contributed by atoms with Gasteiger partial charge in [-0.05, 0) is 91.3 Å². The molecule has 6 heteroatoms. The van der Waals surface area contributed by atoms with E-state index < -0.39 is 0 Å². The smallest absolute Gasteiger partial charge is 0.410 e. The summed E-state index contributed by atoms with van der Waals surface area (Å²) in [6.45, 7) is 2.59. The molecule has 5 rings (SSSR count). The zero-order valence-corrected chi connectivity index (χ0v) is 23.1. The van der Waals surface area contributed by atoms with Crippen molar-refractivity contribution in [1.29, 1.82) is 0 Å². The van der Waals surface area contributed by atoms with E-state index >= 15 is 0 Å². The fourth-order valence-corrected chi connectivity index (χ4v) is 6.27. The van der Waals surface area contributed by atoms with Gasteiger partial charge in [0.1, 0.15) is 0 Å². The van der Waals surface area contributed by atoms with Gasteiger partial charge in [0.15, 0.2) is 0 Å². The summed E-state index contributed by atoms with van der Waals surface area (Å²) in [6, 6.07) is 26.0. The lowest BCUT2D eigenvalue weighted by Gasteiger charge is -2.35. The summed E-state index contributed by atoms with van der Waals surface area (Å²) >= 11 is 0. The lowest BCUT2D eigenvalue weighted by Crippen LogP contribution is -2.43. The molecule has 1 heterocycles. The zero-order valence-electron chi connectivity index (χ0n) is 23.1. The average Bonchev–Trinajstić information content (AvgIpc) is 2.97. The summed E-state index contributed by atoms with van der Waals surface area (Å²) in [5, 5.41) is 0. The zero-order chi connectivity index (χ0) is 27.2. The van der Waals surface area contributed by atoms with Crippen molar-refractivity contribution in [3.8, 4) is 11.1 Å². The summed E-state index contributed by atoms with van der Waals surface area (Å²) in [6.07, 6.45) is 6.95. The minimum absolute atomic E-state index is 0.160. The van der Waals surface area contributed by atoms with E-state index in [1.807, 2.05) is 4.90 Å². The van der Waals surface area contributed by atoms with Gasteiger partial charge in [-0.3, -0.25) is 0 Å². The summed E-state index contributed by atoms with van der Waals surface area (Å²) < 4.78 is 5.14. The van der Waals surface area contributed by atoms with Gasteiger partial charge in [-0.15, -0.1) is 0 Å². The monoisotopic (exact) mass is 526 g/mol. The number of ether oxygens (including phenoxy) is 1. The first kappa shape index (κ1) is 27.1. The van der Waals surface area contributed by atoms with E-state index in [0.717, 1.165) is 79.2 Å². The average molecular weight is 527 g/mol. The number of hydrogen-bond donors (Lipinski definition) is 2. The third-order valence-electron chi connectivity index (χ3n) is 8.55. The first-order valence-corrected chi connectivity index (χ1v) is 14.4. The molecular formula is C33H42N4O2. The van der Waals surface area contributed by atoms with Gasteiger partial charge in [0.2, 0.25) is 0 Å². The normalized spacial score (nSPS) is 20.0. The van der Waals surface area contributed by atoms with Crippen LogP contribution in [0.25, 0.3) is 11.1 Å². The quantitative estimate of drug-likeness (QED) is 0.356. The largest absolute Gasteiger partial charge is 0.453 e. The molecule has 1 amide bonds.